The van der Waals surface area contributed by atoms with E-state index in [0.29, 0.717) is 13.0 Å². The number of nitrogens with one attached hydrogen (secondary N) is 1. The molecular formula is C13H16N2O3S. The minimum atomic E-state index is -3.52. The summed E-state index contributed by atoms with van der Waals surface area (Å²) in [6, 6.07) is 8.21. The largest absolute Gasteiger partial charge is 0.377 e. The van der Waals surface area contributed by atoms with Crippen molar-refractivity contribution in [1.82, 2.24) is 4.72 Å². The number of hydrogen-bond acceptors (Lipinski definition) is 4. The highest BCUT2D eigenvalue weighted by molar-refractivity contribution is 7.89. The number of benzene rings is 1. The van der Waals surface area contributed by atoms with Crippen LogP contribution in [0.1, 0.15) is 18.9 Å². The molecule has 0 saturated carbocycles. The van der Waals surface area contributed by atoms with E-state index in [0.717, 1.165) is 5.56 Å². The van der Waals surface area contributed by atoms with Gasteiger partial charge in [-0.2, -0.15) is 5.26 Å². The fraction of sp³-hybridized carbons (Fsp3) is 0.462. The van der Waals surface area contributed by atoms with Crippen LogP contribution in [-0.2, 0) is 21.2 Å². The summed E-state index contributed by atoms with van der Waals surface area (Å²) in [5.41, 5.74) is 0.805. The number of sulfonamides is 1. The lowest BCUT2D eigenvalue weighted by Gasteiger charge is -2.16. The fourth-order valence-electron chi connectivity index (χ4n) is 2.03. The Bertz CT molecular complexity index is 575. The fourth-order valence-corrected chi connectivity index (χ4v) is 3.37. The minimum Gasteiger partial charge on any atom is -0.377 e. The molecule has 0 amide bonds. The van der Waals surface area contributed by atoms with Crippen LogP contribution >= 0.6 is 0 Å². The lowest BCUT2D eigenvalue weighted by atomic mass is 10.2. The zero-order valence-corrected chi connectivity index (χ0v) is 11.5. The molecule has 0 spiro atoms. The Balaban J connectivity index is 2.13. The first kappa shape index (κ1) is 14.0. The van der Waals surface area contributed by atoms with Gasteiger partial charge in [-0.15, -0.1) is 0 Å². The summed E-state index contributed by atoms with van der Waals surface area (Å²) >= 11 is 0. The Morgan fingerprint density at radius 3 is 2.63 bits per heavy atom. The molecule has 0 aliphatic carbocycles. The average Bonchev–Trinajstić information content (AvgIpc) is 2.75. The van der Waals surface area contributed by atoms with E-state index in [1.54, 1.807) is 12.1 Å². The Hall–Kier alpha value is -1.42. The normalized spacial score (nSPS) is 23.2. The Kier molecular flexibility index (Phi) is 4.20. The van der Waals surface area contributed by atoms with E-state index >= 15 is 0 Å². The summed E-state index contributed by atoms with van der Waals surface area (Å²) in [6.45, 7) is 2.44. The Morgan fingerprint density at radius 2 is 2.11 bits per heavy atom. The van der Waals surface area contributed by atoms with E-state index in [1.807, 2.05) is 13.0 Å². The van der Waals surface area contributed by atoms with E-state index in [9.17, 15) is 8.42 Å². The summed E-state index contributed by atoms with van der Waals surface area (Å²) in [6.07, 6.45) is 0.862. The first-order valence-electron chi connectivity index (χ1n) is 6.13. The van der Waals surface area contributed by atoms with E-state index in [-0.39, 0.29) is 23.5 Å². The second-order valence-corrected chi connectivity index (χ2v) is 6.29. The maximum Gasteiger partial charge on any atom is 0.240 e. The number of nitrogens with zero attached hydrogens (tertiary/aromatic N) is 1. The first-order chi connectivity index (χ1) is 9.03. The molecular weight excluding hydrogens is 264 g/mol. The van der Waals surface area contributed by atoms with Crippen molar-refractivity contribution >= 4 is 10.0 Å². The summed E-state index contributed by atoms with van der Waals surface area (Å²) in [4.78, 5) is 0.216. The summed E-state index contributed by atoms with van der Waals surface area (Å²) < 4.78 is 32.3. The van der Waals surface area contributed by atoms with Crippen LogP contribution < -0.4 is 4.72 Å². The van der Waals surface area contributed by atoms with Crippen LogP contribution in [-0.4, -0.2) is 27.2 Å². The van der Waals surface area contributed by atoms with Crippen molar-refractivity contribution in [3.05, 3.63) is 29.8 Å². The third-order valence-electron chi connectivity index (χ3n) is 3.20. The molecule has 2 unspecified atom stereocenters. The highest BCUT2D eigenvalue weighted by Crippen LogP contribution is 2.17. The van der Waals surface area contributed by atoms with Gasteiger partial charge < -0.3 is 4.74 Å². The van der Waals surface area contributed by atoms with Gasteiger partial charge in [0.25, 0.3) is 0 Å². The van der Waals surface area contributed by atoms with Crippen molar-refractivity contribution in [1.29, 1.82) is 5.26 Å². The van der Waals surface area contributed by atoms with Crippen molar-refractivity contribution in [2.75, 3.05) is 6.61 Å². The molecule has 1 fully saturated rings. The van der Waals surface area contributed by atoms with Crippen molar-refractivity contribution in [2.45, 2.75) is 36.8 Å². The summed E-state index contributed by atoms with van der Waals surface area (Å²) in [5.74, 6) is 0. The number of rotatable bonds is 4. The van der Waals surface area contributed by atoms with E-state index in [1.165, 1.54) is 12.1 Å². The lowest BCUT2D eigenvalue weighted by molar-refractivity contribution is 0.117. The van der Waals surface area contributed by atoms with Gasteiger partial charge in [-0.3, -0.25) is 0 Å². The molecule has 1 saturated heterocycles. The molecule has 6 heteroatoms. The van der Waals surface area contributed by atoms with Gasteiger partial charge in [0.2, 0.25) is 10.0 Å². The van der Waals surface area contributed by atoms with E-state index in [4.69, 9.17) is 10.00 Å². The van der Waals surface area contributed by atoms with Crippen molar-refractivity contribution in [3.63, 3.8) is 0 Å². The summed E-state index contributed by atoms with van der Waals surface area (Å²) in [7, 11) is -3.52. The van der Waals surface area contributed by atoms with Crippen LogP contribution in [0.25, 0.3) is 0 Å². The molecule has 1 aromatic carbocycles. The van der Waals surface area contributed by atoms with Crippen LogP contribution in [0, 0.1) is 11.3 Å². The predicted molar refractivity (Wildman–Crippen MR) is 69.9 cm³/mol. The van der Waals surface area contributed by atoms with Gasteiger partial charge in [0.05, 0.1) is 29.5 Å². The number of ether oxygens (including phenoxy) is 1. The van der Waals surface area contributed by atoms with Crippen molar-refractivity contribution in [3.8, 4) is 6.07 Å². The van der Waals surface area contributed by atoms with Gasteiger partial charge >= 0.3 is 0 Å². The third-order valence-corrected chi connectivity index (χ3v) is 4.71. The molecule has 2 rings (SSSR count). The maximum absolute atomic E-state index is 12.2. The van der Waals surface area contributed by atoms with Crippen LogP contribution in [0.15, 0.2) is 29.2 Å². The minimum absolute atomic E-state index is 0.104. The second kappa shape index (κ2) is 5.70. The van der Waals surface area contributed by atoms with Crippen LogP contribution in [0.2, 0.25) is 0 Å². The highest BCUT2D eigenvalue weighted by atomic mass is 32.2. The third kappa shape index (κ3) is 3.32. The molecule has 1 heterocycles. The monoisotopic (exact) mass is 280 g/mol. The molecule has 5 nitrogen and oxygen atoms in total. The number of hydrogen-bond donors (Lipinski definition) is 1. The van der Waals surface area contributed by atoms with Gasteiger partial charge in [-0.1, -0.05) is 12.1 Å². The zero-order chi connectivity index (χ0) is 13.9. The topological polar surface area (TPSA) is 79.2 Å². The van der Waals surface area contributed by atoms with E-state index < -0.39 is 10.0 Å². The SMILES string of the molecule is CC1OCCC1NS(=O)(=O)c1ccc(CC#N)cc1. The molecule has 102 valence electrons. The number of nitriles is 1. The molecule has 1 N–H and O–H groups in total. The van der Waals surface area contributed by atoms with Crippen LogP contribution in [0.4, 0.5) is 0 Å². The standard InChI is InChI=1S/C13H16N2O3S/c1-10-13(7-9-18-10)15-19(16,17)12-4-2-11(3-5-12)6-8-14/h2-5,10,13,15H,6-7,9H2,1H3. The molecule has 1 aliphatic heterocycles. The second-order valence-electron chi connectivity index (χ2n) is 4.57. The molecule has 2 atom stereocenters. The maximum atomic E-state index is 12.2. The molecule has 0 bridgehead atoms. The lowest BCUT2D eigenvalue weighted by Crippen LogP contribution is -2.39. The Labute approximate surface area is 113 Å². The quantitative estimate of drug-likeness (QED) is 0.899. The van der Waals surface area contributed by atoms with Gasteiger partial charge in [-0.05, 0) is 31.0 Å². The van der Waals surface area contributed by atoms with Crippen molar-refractivity contribution in [2.24, 2.45) is 0 Å². The Morgan fingerprint density at radius 1 is 1.42 bits per heavy atom. The molecule has 19 heavy (non-hydrogen) atoms. The predicted octanol–water partition coefficient (Wildman–Crippen LogP) is 1.21. The van der Waals surface area contributed by atoms with E-state index in [2.05, 4.69) is 4.72 Å². The molecule has 0 radical (unpaired) electrons. The zero-order valence-electron chi connectivity index (χ0n) is 10.7. The van der Waals surface area contributed by atoms with Crippen LogP contribution in [0.3, 0.4) is 0 Å². The highest BCUT2D eigenvalue weighted by Gasteiger charge is 2.29. The molecule has 0 aromatic heterocycles. The molecule has 1 aliphatic rings. The van der Waals surface area contributed by atoms with Gasteiger partial charge in [0.1, 0.15) is 0 Å². The van der Waals surface area contributed by atoms with Gasteiger partial charge in [0, 0.05) is 6.61 Å². The van der Waals surface area contributed by atoms with Crippen LogP contribution in [0.5, 0.6) is 0 Å². The van der Waals surface area contributed by atoms with Gasteiger partial charge in [-0.25, -0.2) is 13.1 Å². The first-order valence-corrected chi connectivity index (χ1v) is 7.61. The summed E-state index contributed by atoms with van der Waals surface area (Å²) in [5, 5.41) is 8.57. The molecule has 1 aromatic rings. The smallest absolute Gasteiger partial charge is 0.240 e. The van der Waals surface area contributed by atoms with Gasteiger partial charge in [0.15, 0.2) is 0 Å². The average molecular weight is 280 g/mol. The van der Waals surface area contributed by atoms with Crippen molar-refractivity contribution < 1.29 is 13.2 Å².